The molecule has 4 N–H and O–H groups in total. The lowest BCUT2D eigenvalue weighted by Gasteiger charge is -2.40. The molecule has 2 atom stereocenters. The fourth-order valence-corrected chi connectivity index (χ4v) is 2.96. The van der Waals surface area contributed by atoms with E-state index >= 15 is 0 Å². The summed E-state index contributed by atoms with van der Waals surface area (Å²) in [4.78, 5) is 34.1. The first kappa shape index (κ1) is 15.5. The van der Waals surface area contributed by atoms with Crippen molar-refractivity contribution < 1.29 is 24.6 Å². The van der Waals surface area contributed by atoms with Gasteiger partial charge in [-0.3, -0.25) is 14.4 Å². The predicted octanol–water partition coefficient (Wildman–Crippen LogP) is 1.23. The highest BCUT2D eigenvalue weighted by molar-refractivity contribution is 5.84. The summed E-state index contributed by atoms with van der Waals surface area (Å²) in [7, 11) is 0. The van der Waals surface area contributed by atoms with Crippen LogP contribution in [0.15, 0.2) is 0 Å². The van der Waals surface area contributed by atoms with Gasteiger partial charge in [-0.05, 0) is 25.7 Å². The Labute approximate surface area is 112 Å². The number of primary amides is 1. The van der Waals surface area contributed by atoms with E-state index in [0.717, 1.165) is 12.8 Å². The van der Waals surface area contributed by atoms with E-state index in [-0.39, 0.29) is 19.3 Å². The van der Waals surface area contributed by atoms with Gasteiger partial charge in [-0.25, -0.2) is 0 Å². The van der Waals surface area contributed by atoms with Crippen molar-refractivity contribution in [1.82, 2.24) is 0 Å². The van der Waals surface area contributed by atoms with Crippen molar-refractivity contribution in [3.63, 3.8) is 0 Å². The molecule has 0 aromatic carbocycles. The first-order valence-corrected chi connectivity index (χ1v) is 6.58. The molecule has 1 rings (SSSR count). The number of nitrogens with two attached hydrogens (primary N) is 1. The number of carboxylic acids is 2. The highest BCUT2D eigenvalue weighted by atomic mass is 16.4. The molecule has 1 saturated carbocycles. The first-order valence-electron chi connectivity index (χ1n) is 6.58. The molecule has 0 spiro atoms. The molecule has 108 valence electrons. The summed E-state index contributed by atoms with van der Waals surface area (Å²) in [6.07, 6.45) is 2.44. The number of aliphatic carboxylic acids is 2. The van der Waals surface area contributed by atoms with E-state index < -0.39 is 35.1 Å². The Hall–Kier alpha value is -1.59. The summed E-state index contributed by atoms with van der Waals surface area (Å²) >= 11 is 0. The van der Waals surface area contributed by atoms with Gasteiger partial charge in [0.25, 0.3) is 0 Å². The Bertz CT molecular complexity index is 357. The average Bonchev–Trinajstić information content (AvgIpc) is 2.35. The minimum absolute atomic E-state index is 0.0752. The molecule has 1 amide bonds. The molecule has 2 unspecified atom stereocenters. The van der Waals surface area contributed by atoms with Gasteiger partial charge in [0.05, 0.1) is 17.3 Å². The number of amides is 1. The topological polar surface area (TPSA) is 118 Å². The maximum absolute atomic E-state index is 11.8. The average molecular weight is 271 g/mol. The van der Waals surface area contributed by atoms with Gasteiger partial charge in [-0.2, -0.15) is 0 Å². The van der Waals surface area contributed by atoms with Gasteiger partial charge >= 0.3 is 11.9 Å². The number of hydrogen-bond acceptors (Lipinski definition) is 3. The second-order valence-electron chi connectivity index (χ2n) is 5.46. The van der Waals surface area contributed by atoms with Crippen molar-refractivity contribution >= 4 is 17.8 Å². The molecule has 0 aliphatic heterocycles. The zero-order valence-electron chi connectivity index (χ0n) is 11.1. The van der Waals surface area contributed by atoms with Crippen LogP contribution in [0.2, 0.25) is 0 Å². The molecule has 0 saturated heterocycles. The molecule has 1 aliphatic carbocycles. The van der Waals surface area contributed by atoms with Gasteiger partial charge < -0.3 is 15.9 Å². The molecule has 1 fully saturated rings. The van der Waals surface area contributed by atoms with Gasteiger partial charge in [0.15, 0.2) is 0 Å². The lowest BCUT2D eigenvalue weighted by atomic mass is 9.63. The molecular weight excluding hydrogens is 250 g/mol. The number of carboxylic acid groups (broad SMARTS) is 2. The SMILES string of the molecule is CCCCC1(C(N)=O)CC(C(=O)O)CC(C(=O)O)C1. The van der Waals surface area contributed by atoms with Gasteiger partial charge in [-0.15, -0.1) is 0 Å². The minimum Gasteiger partial charge on any atom is -0.481 e. The third kappa shape index (κ3) is 3.45. The Balaban J connectivity index is 3.02. The van der Waals surface area contributed by atoms with E-state index in [4.69, 9.17) is 15.9 Å². The van der Waals surface area contributed by atoms with Crippen LogP contribution in [0, 0.1) is 17.3 Å². The number of carbonyl (C=O) groups excluding carboxylic acids is 1. The third-order valence-electron chi connectivity index (χ3n) is 4.07. The van der Waals surface area contributed by atoms with Gasteiger partial charge in [0.1, 0.15) is 0 Å². The van der Waals surface area contributed by atoms with Gasteiger partial charge in [0.2, 0.25) is 5.91 Å². The van der Waals surface area contributed by atoms with Crippen LogP contribution in [0.5, 0.6) is 0 Å². The highest BCUT2D eigenvalue weighted by Gasteiger charge is 2.48. The first-order chi connectivity index (χ1) is 8.82. The third-order valence-corrected chi connectivity index (χ3v) is 4.07. The van der Waals surface area contributed by atoms with Crippen molar-refractivity contribution in [2.24, 2.45) is 23.0 Å². The molecule has 1 aliphatic rings. The summed E-state index contributed by atoms with van der Waals surface area (Å²) < 4.78 is 0. The molecule has 6 heteroatoms. The highest BCUT2D eigenvalue weighted by Crippen LogP contribution is 2.45. The predicted molar refractivity (Wildman–Crippen MR) is 67.3 cm³/mol. The standard InChI is InChI=1S/C13H21NO5/c1-2-3-4-13(12(14)19)6-8(10(15)16)5-9(7-13)11(17)18/h8-9H,2-7H2,1H3,(H2,14,19)(H,15,16)(H,17,18). The molecule has 6 nitrogen and oxygen atoms in total. The molecular formula is C13H21NO5. The number of unbranched alkanes of at least 4 members (excludes halogenated alkanes) is 1. The van der Waals surface area contributed by atoms with Gasteiger partial charge in [0, 0.05) is 0 Å². The molecule has 0 radical (unpaired) electrons. The van der Waals surface area contributed by atoms with Crippen LogP contribution in [0.4, 0.5) is 0 Å². The Kier molecular flexibility index (Phi) is 4.91. The largest absolute Gasteiger partial charge is 0.481 e. The van der Waals surface area contributed by atoms with Crippen LogP contribution in [0.1, 0.15) is 45.4 Å². The van der Waals surface area contributed by atoms with Crippen LogP contribution in [-0.2, 0) is 14.4 Å². The van der Waals surface area contributed by atoms with E-state index in [1.807, 2.05) is 6.92 Å². The summed E-state index contributed by atoms with van der Waals surface area (Å²) in [5.41, 5.74) is 4.46. The summed E-state index contributed by atoms with van der Waals surface area (Å²) in [6, 6.07) is 0. The monoisotopic (exact) mass is 271 g/mol. The van der Waals surface area contributed by atoms with Crippen LogP contribution >= 0.6 is 0 Å². The second kappa shape index (κ2) is 6.04. The maximum Gasteiger partial charge on any atom is 0.306 e. The maximum atomic E-state index is 11.8. The van der Waals surface area contributed by atoms with Crippen LogP contribution in [-0.4, -0.2) is 28.1 Å². The normalized spacial score (nSPS) is 30.8. The summed E-state index contributed by atoms with van der Waals surface area (Å²) in [5.74, 6) is -4.28. The molecule has 0 aromatic heterocycles. The van der Waals surface area contributed by atoms with E-state index in [1.165, 1.54) is 0 Å². The zero-order chi connectivity index (χ0) is 14.6. The quantitative estimate of drug-likeness (QED) is 0.671. The van der Waals surface area contributed by atoms with Crippen molar-refractivity contribution in [1.29, 1.82) is 0 Å². The number of carbonyl (C=O) groups is 3. The molecule has 0 bridgehead atoms. The molecule has 0 heterocycles. The summed E-state index contributed by atoms with van der Waals surface area (Å²) in [6.45, 7) is 1.96. The lowest BCUT2D eigenvalue weighted by Crippen LogP contribution is -2.46. The second-order valence-corrected chi connectivity index (χ2v) is 5.46. The minimum atomic E-state index is -1.05. The molecule has 0 aromatic rings. The van der Waals surface area contributed by atoms with Gasteiger partial charge in [-0.1, -0.05) is 19.8 Å². The fourth-order valence-electron chi connectivity index (χ4n) is 2.96. The smallest absolute Gasteiger partial charge is 0.306 e. The Morgan fingerprint density at radius 2 is 1.63 bits per heavy atom. The van der Waals surface area contributed by atoms with E-state index in [2.05, 4.69) is 0 Å². The van der Waals surface area contributed by atoms with Crippen LogP contribution in [0.3, 0.4) is 0 Å². The zero-order valence-corrected chi connectivity index (χ0v) is 11.1. The Morgan fingerprint density at radius 3 is 1.95 bits per heavy atom. The van der Waals surface area contributed by atoms with Crippen molar-refractivity contribution in [2.45, 2.75) is 45.4 Å². The number of rotatable bonds is 6. The van der Waals surface area contributed by atoms with Crippen molar-refractivity contribution in [3.05, 3.63) is 0 Å². The van der Waals surface area contributed by atoms with E-state index in [1.54, 1.807) is 0 Å². The van der Waals surface area contributed by atoms with Crippen molar-refractivity contribution in [3.8, 4) is 0 Å². The van der Waals surface area contributed by atoms with Crippen molar-refractivity contribution in [2.75, 3.05) is 0 Å². The lowest BCUT2D eigenvalue weighted by molar-refractivity contribution is -0.154. The number of hydrogen-bond donors (Lipinski definition) is 3. The van der Waals surface area contributed by atoms with E-state index in [9.17, 15) is 14.4 Å². The van der Waals surface area contributed by atoms with Crippen LogP contribution in [0.25, 0.3) is 0 Å². The Morgan fingerprint density at radius 1 is 1.16 bits per heavy atom. The molecule has 19 heavy (non-hydrogen) atoms. The summed E-state index contributed by atoms with van der Waals surface area (Å²) in [5, 5.41) is 18.3. The van der Waals surface area contributed by atoms with Crippen LogP contribution < -0.4 is 5.73 Å². The fraction of sp³-hybridized carbons (Fsp3) is 0.769. The van der Waals surface area contributed by atoms with E-state index in [0.29, 0.717) is 6.42 Å².